The molecule has 1 aromatic heterocycles. The first kappa shape index (κ1) is 26.3. The number of thioether (sulfide) groups is 1. The minimum Gasteiger partial charge on any atom is -0.481 e. The van der Waals surface area contributed by atoms with Crippen molar-refractivity contribution >= 4 is 63.1 Å². The lowest BCUT2D eigenvalue weighted by Gasteiger charge is -2.19. The van der Waals surface area contributed by atoms with E-state index in [1.807, 2.05) is 0 Å². The van der Waals surface area contributed by atoms with E-state index in [4.69, 9.17) is 23.2 Å². The number of carbonyl (C=O) groups is 1. The van der Waals surface area contributed by atoms with Gasteiger partial charge in [0.1, 0.15) is 5.01 Å². The molecule has 0 aliphatic rings. The van der Waals surface area contributed by atoms with Crippen molar-refractivity contribution in [2.45, 2.75) is 11.4 Å². The highest BCUT2D eigenvalue weighted by Gasteiger charge is 2.31. The number of aliphatic carboxylic acids is 1. The number of hydrogen-bond acceptors (Lipinski definition) is 6. The number of benzene rings is 3. The van der Waals surface area contributed by atoms with Crippen molar-refractivity contribution in [3.63, 3.8) is 0 Å². The van der Waals surface area contributed by atoms with Crippen LogP contribution in [0, 0.1) is 0 Å². The highest BCUT2D eigenvalue weighted by molar-refractivity contribution is 8.00. The van der Waals surface area contributed by atoms with E-state index in [2.05, 4.69) is 15.5 Å². The summed E-state index contributed by atoms with van der Waals surface area (Å²) in [5.74, 6) is -1.34. The molecule has 0 spiro atoms. The van der Waals surface area contributed by atoms with Crippen LogP contribution in [-0.2, 0) is 11.0 Å². The summed E-state index contributed by atoms with van der Waals surface area (Å²) in [6.45, 7) is 0. The second-order valence-electron chi connectivity index (χ2n) is 7.50. The predicted octanol–water partition coefficient (Wildman–Crippen LogP) is 8.18. The standard InChI is InChI=1S/C24H16Cl2F3N3O2S2/c25-18-8-7-17(11-19(18)26)30-23-32-31-22(36-23)15-5-1-3-13(9-15)21(35-12-20(33)34)14-4-2-6-16(10-14)24(27,28)29/h1-11,21H,12H2,(H,30,32)(H,33,34). The molecule has 4 rings (SSSR count). The summed E-state index contributed by atoms with van der Waals surface area (Å²) in [4.78, 5) is 11.2. The maximum atomic E-state index is 13.3. The number of halogens is 5. The number of nitrogens with zero attached hydrogens (tertiary/aromatic N) is 2. The van der Waals surface area contributed by atoms with Crippen molar-refractivity contribution in [2.24, 2.45) is 0 Å². The minimum atomic E-state index is -4.51. The fourth-order valence-electron chi connectivity index (χ4n) is 3.34. The van der Waals surface area contributed by atoms with Crippen molar-refractivity contribution in [2.75, 3.05) is 11.1 Å². The molecular formula is C24H16Cl2F3N3O2S2. The normalized spacial score (nSPS) is 12.4. The Morgan fingerprint density at radius 3 is 2.42 bits per heavy atom. The molecule has 0 aliphatic heterocycles. The van der Waals surface area contributed by atoms with Crippen molar-refractivity contribution in [1.82, 2.24) is 10.2 Å². The fourth-order valence-corrected chi connectivity index (χ4v) is 5.39. The molecule has 12 heteroatoms. The van der Waals surface area contributed by atoms with Crippen molar-refractivity contribution < 1.29 is 23.1 Å². The Balaban J connectivity index is 1.63. The second-order valence-corrected chi connectivity index (χ2v) is 10.4. The molecule has 0 saturated carbocycles. The van der Waals surface area contributed by atoms with E-state index in [-0.39, 0.29) is 5.75 Å². The van der Waals surface area contributed by atoms with Gasteiger partial charge in [0, 0.05) is 11.3 Å². The largest absolute Gasteiger partial charge is 0.481 e. The Hall–Kier alpha value is -2.79. The second kappa shape index (κ2) is 11.1. The number of aromatic nitrogens is 2. The van der Waals surface area contributed by atoms with E-state index < -0.39 is 23.0 Å². The quantitative estimate of drug-likeness (QED) is 0.223. The molecule has 0 bridgehead atoms. The van der Waals surface area contributed by atoms with Gasteiger partial charge in [-0.1, -0.05) is 70.9 Å². The summed E-state index contributed by atoms with van der Waals surface area (Å²) in [6, 6.07) is 17.1. The van der Waals surface area contributed by atoms with Crippen molar-refractivity contribution in [3.05, 3.63) is 93.5 Å². The maximum Gasteiger partial charge on any atom is 0.416 e. The van der Waals surface area contributed by atoms with Gasteiger partial charge in [0.05, 0.1) is 26.6 Å². The zero-order chi connectivity index (χ0) is 25.9. The Morgan fingerprint density at radius 1 is 1.00 bits per heavy atom. The molecule has 1 unspecified atom stereocenters. The number of carboxylic acids is 1. The van der Waals surface area contributed by atoms with E-state index in [1.54, 1.807) is 48.5 Å². The molecule has 0 saturated heterocycles. The SMILES string of the molecule is O=C(O)CSC(c1cccc(-c2nnc(Nc3ccc(Cl)c(Cl)c3)s2)c1)c1cccc(C(F)(F)F)c1. The number of carboxylic acid groups (broad SMARTS) is 1. The van der Waals surface area contributed by atoms with E-state index in [9.17, 15) is 23.1 Å². The summed E-state index contributed by atoms with van der Waals surface area (Å²) in [6.07, 6.45) is -4.51. The molecule has 36 heavy (non-hydrogen) atoms. The molecule has 1 heterocycles. The van der Waals surface area contributed by atoms with Gasteiger partial charge in [-0.15, -0.1) is 22.0 Å². The number of nitrogens with one attached hydrogen (secondary N) is 1. The molecule has 186 valence electrons. The van der Waals surface area contributed by atoms with Gasteiger partial charge in [-0.05, 0) is 41.5 Å². The zero-order valence-electron chi connectivity index (χ0n) is 18.1. The molecule has 1 atom stereocenters. The molecule has 0 aliphatic carbocycles. The molecule has 0 amide bonds. The van der Waals surface area contributed by atoms with Gasteiger partial charge < -0.3 is 10.4 Å². The van der Waals surface area contributed by atoms with Crippen LogP contribution in [0.4, 0.5) is 24.0 Å². The summed E-state index contributed by atoms with van der Waals surface area (Å²) >= 11 is 14.3. The molecule has 4 aromatic rings. The Kier molecular flexibility index (Phi) is 8.09. The Bertz CT molecular complexity index is 1400. The van der Waals surface area contributed by atoms with Crippen LogP contribution in [0.1, 0.15) is 21.9 Å². The van der Waals surface area contributed by atoms with Crippen LogP contribution in [0.2, 0.25) is 10.0 Å². The van der Waals surface area contributed by atoms with Gasteiger partial charge in [0.25, 0.3) is 0 Å². The van der Waals surface area contributed by atoms with Crippen LogP contribution in [-0.4, -0.2) is 27.0 Å². The first-order valence-corrected chi connectivity index (χ1v) is 12.9. The van der Waals surface area contributed by atoms with E-state index in [0.29, 0.717) is 42.6 Å². The van der Waals surface area contributed by atoms with E-state index in [0.717, 1.165) is 23.9 Å². The highest BCUT2D eigenvalue weighted by atomic mass is 35.5. The van der Waals surface area contributed by atoms with Crippen LogP contribution < -0.4 is 5.32 Å². The lowest BCUT2D eigenvalue weighted by Crippen LogP contribution is -2.08. The summed E-state index contributed by atoms with van der Waals surface area (Å²) in [7, 11) is 0. The molecule has 0 radical (unpaired) electrons. The molecule has 3 aromatic carbocycles. The maximum absolute atomic E-state index is 13.3. The van der Waals surface area contributed by atoms with Crippen LogP contribution >= 0.6 is 46.3 Å². The summed E-state index contributed by atoms with van der Waals surface area (Å²) in [5.41, 5.74) is 1.58. The lowest BCUT2D eigenvalue weighted by molar-refractivity contribution is -0.137. The third-order valence-electron chi connectivity index (χ3n) is 4.92. The van der Waals surface area contributed by atoms with Gasteiger partial charge >= 0.3 is 12.1 Å². The predicted molar refractivity (Wildman–Crippen MR) is 138 cm³/mol. The van der Waals surface area contributed by atoms with Gasteiger partial charge in [0.2, 0.25) is 5.13 Å². The van der Waals surface area contributed by atoms with Gasteiger partial charge in [-0.2, -0.15) is 13.2 Å². The third kappa shape index (κ3) is 6.50. The Morgan fingerprint density at radius 2 is 1.72 bits per heavy atom. The first-order valence-electron chi connectivity index (χ1n) is 10.3. The molecule has 2 N–H and O–H groups in total. The van der Waals surface area contributed by atoms with Crippen molar-refractivity contribution in [3.8, 4) is 10.6 Å². The average Bonchev–Trinajstić information content (AvgIpc) is 3.30. The number of rotatable bonds is 8. The van der Waals surface area contributed by atoms with Gasteiger partial charge in [-0.25, -0.2) is 0 Å². The van der Waals surface area contributed by atoms with Crippen LogP contribution in [0.15, 0.2) is 66.7 Å². The summed E-state index contributed by atoms with van der Waals surface area (Å²) in [5, 5.41) is 21.9. The van der Waals surface area contributed by atoms with Crippen LogP contribution in [0.3, 0.4) is 0 Å². The number of anilines is 2. The van der Waals surface area contributed by atoms with Gasteiger partial charge in [0.15, 0.2) is 0 Å². The number of hydrogen-bond donors (Lipinski definition) is 2. The highest BCUT2D eigenvalue weighted by Crippen LogP contribution is 2.40. The van der Waals surface area contributed by atoms with E-state index in [1.165, 1.54) is 17.4 Å². The van der Waals surface area contributed by atoms with E-state index >= 15 is 0 Å². The average molecular weight is 570 g/mol. The Labute approximate surface area is 222 Å². The zero-order valence-corrected chi connectivity index (χ0v) is 21.2. The number of alkyl halides is 3. The first-order chi connectivity index (χ1) is 17.1. The molecule has 0 fully saturated rings. The topological polar surface area (TPSA) is 75.1 Å². The third-order valence-corrected chi connectivity index (χ3v) is 7.84. The molecular weight excluding hydrogens is 554 g/mol. The molecule has 5 nitrogen and oxygen atoms in total. The van der Waals surface area contributed by atoms with Crippen molar-refractivity contribution in [1.29, 1.82) is 0 Å². The fraction of sp³-hybridized carbons (Fsp3) is 0.125. The summed E-state index contributed by atoms with van der Waals surface area (Å²) < 4.78 is 39.9. The minimum absolute atomic E-state index is 0.276. The lowest BCUT2D eigenvalue weighted by atomic mass is 10.0. The van der Waals surface area contributed by atoms with Crippen LogP contribution in [0.5, 0.6) is 0 Å². The monoisotopic (exact) mass is 569 g/mol. The van der Waals surface area contributed by atoms with Crippen LogP contribution in [0.25, 0.3) is 10.6 Å². The van der Waals surface area contributed by atoms with Gasteiger partial charge in [-0.3, -0.25) is 4.79 Å². The smallest absolute Gasteiger partial charge is 0.416 e.